The van der Waals surface area contributed by atoms with Gasteiger partial charge in [-0.15, -0.1) is 0 Å². The quantitative estimate of drug-likeness (QED) is 0.655. The van der Waals surface area contributed by atoms with Crippen molar-refractivity contribution in [2.45, 2.75) is 57.2 Å². The molecular formula is C13H22O2. The second kappa shape index (κ2) is 4.42. The van der Waals surface area contributed by atoms with Crippen LogP contribution in [0.4, 0.5) is 0 Å². The van der Waals surface area contributed by atoms with E-state index in [1.165, 1.54) is 44.9 Å². The average molecular weight is 210 g/mol. The van der Waals surface area contributed by atoms with E-state index < -0.39 is 0 Å². The minimum absolute atomic E-state index is 0.629. The monoisotopic (exact) mass is 210 g/mol. The summed E-state index contributed by atoms with van der Waals surface area (Å²) in [7, 11) is 0. The van der Waals surface area contributed by atoms with Gasteiger partial charge in [-0.3, -0.25) is 0 Å². The van der Waals surface area contributed by atoms with Gasteiger partial charge in [-0.05, 0) is 37.5 Å². The molecule has 4 unspecified atom stereocenters. The Kier molecular flexibility index (Phi) is 2.98. The van der Waals surface area contributed by atoms with Crippen molar-refractivity contribution in [2.24, 2.45) is 11.8 Å². The van der Waals surface area contributed by atoms with Crippen LogP contribution in [0.2, 0.25) is 0 Å². The lowest BCUT2D eigenvalue weighted by atomic mass is 9.89. The summed E-state index contributed by atoms with van der Waals surface area (Å²) in [5.74, 6) is 1.73. The van der Waals surface area contributed by atoms with Gasteiger partial charge < -0.3 is 9.47 Å². The molecule has 0 aromatic rings. The fourth-order valence-corrected chi connectivity index (χ4v) is 3.11. The van der Waals surface area contributed by atoms with Gasteiger partial charge in [0.05, 0.1) is 25.4 Å². The highest BCUT2D eigenvalue weighted by atomic mass is 16.6. The Bertz CT molecular complexity index is 187. The average Bonchev–Trinajstić information content (AvgIpc) is 3.06. The molecular weight excluding hydrogens is 188 g/mol. The van der Waals surface area contributed by atoms with Crippen molar-refractivity contribution < 1.29 is 9.47 Å². The second-order valence-electron chi connectivity index (χ2n) is 5.48. The van der Waals surface area contributed by atoms with E-state index in [0.717, 1.165) is 25.0 Å². The first-order valence-corrected chi connectivity index (χ1v) is 6.66. The highest BCUT2D eigenvalue weighted by molar-refractivity contribution is 4.85. The van der Waals surface area contributed by atoms with Crippen molar-refractivity contribution in [1.29, 1.82) is 0 Å². The van der Waals surface area contributed by atoms with E-state index in [1.54, 1.807) is 0 Å². The number of epoxide rings is 2. The van der Waals surface area contributed by atoms with E-state index in [2.05, 4.69) is 0 Å². The molecule has 0 bridgehead atoms. The van der Waals surface area contributed by atoms with Gasteiger partial charge in [0.25, 0.3) is 0 Å². The fraction of sp³-hybridized carbons (Fsp3) is 1.00. The van der Waals surface area contributed by atoms with Crippen LogP contribution < -0.4 is 0 Å². The molecule has 2 saturated heterocycles. The van der Waals surface area contributed by atoms with Crippen LogP contribution >= 0.6 is 0 Å². The lowest BCUT2D eigenvalue weighted by Crippen LogP contribution is -2.13. The number of hydrogen-bond acceptors (Lipinski definition) is 2. The maximum Gasteiger partial charge on any atom is 0.0838 e. The van der Waals surface area contributed by atoms with E-state index >= 15 is 0 Å². The summed E-state index contributed by atoms with van der Waals surface area (Å²) in [5, 5.41) is 0. The third-order valence-corrected chi connectivity index (χ3v) is 4.33. The highest BCUT2D eigenvalue weighted by Crippen LogP contribution is 2.36. The Balaban J connectivity index is 1.54. The molecule has 3 rings (SSSR count). The zero-order valence-corrected chi connectivity index (χ0v) is 9.49. The molecule has 2 nitrogen and oxygen atoms in total. The van der Waals surface area contributed by atoms with Crippen molar-refractivity contribution in [3.8, 4) is 0 Å². The van der Waals surface area contributed by atoms with Crippen molar-refractivity contribution in [3.05, 3.63) is 0 Å². The molecule has 0 amide bonds. The third-order valence-electron chi connectivity index (χ3n) is 4.33. The van der Waals surface area contributed by atoms with Crippen LogP contribution in [-0.4, -0.2) is 25.4 Å². The van der Waals surface area contributed by atoms with E-state index in [-0.39, 0.29) is 0 Å². The second-order valence-corrected chi connectivity index (χ2v) is 5.48. The molecule has 15 heavy (non-hydrogen) atoms. The van der Waals surface area contributed by atoms with Crippen molar-refractivity contribution >= 4 is 0 Å². The Hall–Kier alpha value is -0.0800. The van der Waals surface area contributed by atoms with E-state index in [1.807, 2.05) is 0 Å². The van der Waals surface area contributed by atoms with Gasteiger partial charge in [0.15, 0.2) is 0 Å². The van der Waals surface area contributed by atoms with Gasteiger partial charge in [0.2, 0.25) is 0 Å². The summed E-state index contributed by atoms with van der Waals surface area (Å²) in [4.78, 5) is 0. The normalized spacial score (nSPS) is 46.4. The van der Waals surface area contributed by atoms with E-state index in [0.29, 0.717) is 12.2 Å². The fourth-order valence-electron chi connectivity index (χ4n) is 3.11. The molecule has 2 aliphatic heterocycles. The standard InChI is InChI=1S/C13H22O2/c1-2-4-10(12-8-14-12)6-7-11(5-3-1)13-9-15-13/h10-13H,1-9H2. The summed E-state index contributed by atoms with van der Waals surface area (Å²) in [6, 6.07) is 0. The SMILES string of the molecule is C1CCC(C2CO2)CCC(C2CO2)CC1. The van der Waals surface area contributed by atoms with Crippen molar-refractivity contribution in [2.75, 3.05) is 13.2 Å². The van der Waals surface area contributed by atoms with Crippen LogP contribution in [-0.2, 0) is 9.47 Å². The summed E-state index contributed by atoms with van der Waals surface area (Å²) >= 11 is 0. The molecule has 1 saturated carbocycles. The first kappa shape index (κ1) is 10.1. The van der Waals surface area contributed by atoms with Crippen molar-refractivity contribution in [1.82, 2.24) is 0 Å². The first-order chi connectivity index (χ1) is 7.43. The van der Waals surface area contributed by atoms with Crippen molar-refractivity contribution in [3.63, 3.8) is 0 Å². The lowest BCUT2D eigenvalue weighted by molar-refractivity contribution is 0.260. The molecule has 3 fully saturated rings. The highest BCUT2D eigenvalue weighted by Gasteiger charge is 2.36. The Morgan fingerprint density at radius 2 is 1.07 bits per heavy atom. The molecule has 86 valence electrons. The topological polar surface area (TPSA) is 25.1 Å². The van der Waals surface area contributed by atoms with E-state index in [9.17, 15) is 0 Å². The lowest BCUT2D eigenvalue weighted by Gasteiger charge is -2.16. The molecule has 2 heteroatoms. The minimum Gasteiger partial charge on any atom is -0.373 e. The van der Waals surface area contributed by atoms with Crippen LogP contribution in [0.5, 0.6) is 0 Å². The maximum atomic E-state index is 5.47. The summed E-state index contributed by atoms with van der Waals surface area (Å²) in [6.07, 6.45) is 11.1. The Morgan fingerprint density at radius 1 is 0.600 bits per heavy atom. The predicted molar refractivity (Wildman–Crippen MR) is 58.8 cm³/mol. The van der Waals surface area contributed by atoms with Gasteiger partial charge in [-0.25, -0.2) is 0 Å². The summed E-state index contributed by atoms with van der Waals surface area (Å²) < 4.78 is 10.9. The van der Waals surface area contributed by atoms with Crippen LogP contribution in [0.15, 0.2) is 0 Å². The van der Waals surface area contributed by atoms with Gasteiger partial charge in [0, 0.05) is 0 Å². The first-order valence-electron chi connectivity index (χ1n) is 6.66. The molecule has 0 N–H and O–H groups in total. The van der Waals surface area contributed by atoms with Crippen LogP contribution in [0.1, 0.15) is 44.9 Å². The molecule has 0 aromatic heterocycles. The molecule has 2 heterocycles. The summed E-state index contributed by atoms with van der Waals surface area (Å²) in [5.41, 5.74) is 0. The van der Waals surface area contributed by atoms with Gasteiger partial charge in [0.1, 0.15) is 0 Å². The van der Waals surface area contributed by atoms with E-state index in [4.69, 9.17) is 9.47 Å². The Labute approximate surface area is 92.3 Å². The largest absolute Gasteiger partial charge is 0.373 e. The zero-order chi connectivity index (χ0) is 10.1. The number of hydrogen-bond donors (Lipinski definition) is 0. The third kappa shape index (κ3) is 2.73. The molecule has 4 atom stereocenters. The molecule has 1 aliphatic carbocycles. The zero-order valence-electron chi connectivity index (χ0n) is 9.49. The van der Waals surface area contributed by atoms with Gasteiger partial charge >= 0.3 is 0 Å². The molecule has 0 spiro atoms. The predicted octanol–water partition coefficient (Wildman–Crippen LogP) is 2.76. The molecule has 0 aromatic carbocycles. The van der Waals surface area contributed by atoms with Crippen LogP contribution in [0.3, 0.4) is 0 Å². The number of rotatable bonds is 2. The molecule has 0 radical (unpaired) electrons. The van der Waals surface area contributed by atoms with Gasteiger partial charge in [-0.2, -0.15) is 0 Å². The minimum atomic E-state index is 0.629. The molecule has 3 aliphatic rings. The van der Waals surface area contributed by atoms with Crippen LogP contribution in [0.25, 0.3) is 0 Å². The Morgan fingerprint density at radius 3 is 1.47 bits per heavy atom. The van der Waals surface area contributed by atoms with Gasteiger partial charge in [-0.1, -0.05) is 19.3 Å². The number of ether oxygens (including phenoxy) is 2. The summed E-state index contributed by atoms with van der Waals surface area (Å²) in [6.45, 7) is 2.07. The smallest absolute Gasteiger partial charge is 0.0838 e. The van der Waals surface area contributed by atoms with Crippen LogP contribution in [0, 0.1) is 11.8 Å². The maximum absolute atomic E-state index is 5.47.